The molecule has 0 saturated heterocycles. The first kappa shape index (κ1) is 14.0. The van der Waals surface area contributed by atoms with Crippen LogP contribution in [0.15, 0.2) is 52.2 Å². The van der Waals surface area contributed by atoms with E-state index in [0.717, 1.165) is 15.9 Å². The monoisotopic (exact) mass is 317 g/mol. The second-order valence-corrected chi connectivity index (χ2v) is 5.95. The Morgan fingerprint density at radius 2 is 2.05 bits per heavy atom. The van der Waals surface area contributed by atoms with Crippen molar-refractivity contribution in [1.29, 1.82) is 0 Å². The Hall–Kier alpha value is -1.98. The van der Waals surface area contributed by atoms with Gasteiger partial charge in [-0.25, -0.2) is 4.98 Å². The molecule has 0 radical (unpaired) electrons. The molecule has 2 aromatic carbocycles. The van der Waals surface area contributed by atoms with Gasteiger partial charge in [-0.2, -0.15) is 0 Å². The minimum Gasteiger partial charge on any atom is -0.398 e. The fraction of sp³-hybridized carbons (Fsp3) is 0.0667. The highest BCUT2D eigenvalue weighted by Crippen LogP contribution is 2.29. The molecule has 0 amide bonds. The number of aromatic amines is 1. The van der Waals surface area contributed by atoms with Crippen LogP contribution >= 0.6 is 23.4 Å². The SMILES string of the molecule is Nc1cc(Cl)ccc1SCc1nc2ccccc2[nH]c1=O. The Morgan fingerprint density at radius 1 is 1.24 bits per heavy atom. The first-order valence-electron chi connectivity index (χ1n) is 6.29. The van der Waals surface area contributed by atoms with Crippen LogP contribution < -0.4 is 11.3 Å². The molecule has 1 heterocycles. The molecule has 3 N–H and O–H groups in total. The maximum atomic E-state index is 12.0. The van der Waals surface area contributed by atoms with Gasteiger partial charge in [0.1, 0.15) is 5.69 Å². The molecule has 1 aromatic heterocycles. The molecular formula is C15H12ClN3OS. The van der Waals surface area contributed by atoms with Crippen molar-refractivity contribution in [3.05, 3.63) is 63.5 Å². The van der Waals surface area contributed by atoms with E-state index in [1.54, 1.807) is 12.1 Å². The molecule has 0 aliphatic rings. The summed E-state index contributed by atoms with van der Waals surface area (Å²) in [7, 11) is 0. The highest BCUT2D eigenvalue weighted by Gasteiger charge is 2.07. The number of rotatable bonds is 3. The van der Waals surface area contributed by atoms with Crippen molar-refractivity contribution in [1.82, 2.24) is 9.97 Å². The molecular weight excluding hydrogens is 306 g/mol. The van der Waals surface area contributed by atoms with Crippen molar-refractivity contribution < 1.29 is 0 Å². The van der Waals surface area contributed by atoms with Gasteiger partial charge in [-0.05, 0) is 30.3 Å². The van der Waals surface area contributed by atoms with E-state index >= 15 is 0 Å². The van der Waals surface area contributed by atoms with Crippen LogP contribution in [-0.4, -0.2) is 9.97 Å². The lowest BCUT2D eigenvalue weighted by Gasteiger charge is -2.06. The topological polar surface area (TPSA) is 71.8 Å². The van der Waals surface area contributed by atoms with Crippen LogP contribution in [0.2, 0.25) is 5.02 Å². The second kappa shape index (κ2) is 5.79. The van der Waals surface area contributed by atoms with Crippen LogP contribution in [0.25, 0.3) is 11.0 Å². The van der Waals surface area contributed by atoms with Gasteiger partial charge in [0.05, 0.1) is 11.0 Å². The molecule has 0 saturated carbocycles. The van der Waals surface area contributed by atoms with Crippen molar-refractivity contribution in [2.75, 3.05) is 5.73 Å². The van der Waals surface area contributed by atoms with Gasteiger partial charge in [-0.15, -0.1) is 11.8 Å². The summed E-state index contributed by atoms with van der Waals surface area (Å²) in [5, 5.41) is 0.596. The largest absolute Gasteiger partial charge is 0.398 e. The summed E-state index contributed by atoms with van der Waals surface area (Å²) in [5.74, 6) is 0.450. The standard InChI is InChI=1S/C15H12ClN3OS/c16-9-5-6-14(10(17)7-9)21-8-13-15(20)19-12-4-2-1-3-11(12)18-13/h1-7H,8,17H2,(H,19,20). The summed E-state index contributed by atoms with van der Waals surface area (Å²) >= 11 is 7.33. The van der Waals surface area contributed by atoms with Crippen LogP contribution in [-0.2, 0) is 5.75 Å². The average Bonchev–Trinajstić information content (AvgIpc) is 2.46. The van der Waals surface area contributed by atoms with Crippen LogP contribution in [0.4, 0.5) is 5.69 Å². The summed E-state index contributed by atoms with van der Waals surface area (Å²) in [6.07, 6.45) is 0. The van der Waals surface area contributed by atoms with Gasteiger partial charge in [0.25, 0.3) is 5.56 Å². The van der Waals surface area contributed by atoms with Crippen molar-refractivity contribution in [3.8, 4) is 0 Å². The van der Waals surface area contributed by atoms with Gasteiger partial charge in [0.15, 0.2) is 0 Å². The van der Waals surface area contributed by atoms with Crippen LogP contribution in [0.5, 0.6) is 0 Å². The van der Waals surface area contributed by atoms with Crippen molar-refractivity contribution in [2.45, 2.75) is 10.6 Å². The minimum atomic E-state index is -0.172. The quantitative estimate of drug-likeness (QED) is 0.573. The fourth-order valence-corrected chi connectivity index (χ4v) is 3.02. The maximum Gasteiger partial charge on any atom is 0.271 e. The third-order valence-corrected chi connectivity index (χ3v) is 4.34. The molecule has 6 heteroatoms. The lowest BCUT2D eigenvalue weighted by Crippen LogP contribution is -2.14. The van der Waals surface area contributed by atoms with Gasteiger partial charge in [0.2, 0.25) is 0 Å². The zero-order chi connectivity index (χ0) is 14.8. The first-order valence-corrected chi connectivity index (χ1v) is 7.65. The minimum absolute atomic E-state index is 0.172. The van der Waals surface area contributed by atoms with Gasteiger partial charge in [0, 0.05) is 21.4 Å². The molecule has 0 unspecified atom stereocenters. The molecule has 0 bridgehead atoms. The summed E-state index contributed by atoms with van der Waals surface area (Å²) in [6, 6.07) is 12.8. The highest BCUT2D eigenvalue weighted by atomic mass is 35.5. The van der Waals surface area contributed by atoms with Gasteiger partial charge in [-0.3, -0.25) is 4.79 Å². The molecule has 21 heavy (non-hydrogen) atoms. The lowest BCUT2D eigenvalue weighted by atomic mass is 10.3. The summed E-state index contributed by atoms with van der Waals surface area (Å²) in [5.41, 5.74) is 8.32. The number of nitrogen functional groups attached to an aromatic ring is 1. The summed E-state index contributed by atoms with van der Waals surface area (Å²) in [4.78, 5) is 20.1. The molecule has 3 rings (SSSR count). The maximum absolute atomic E-state index is 12.0. The number of H-pyrrole nitrogens is 1. The van der Waals surface area contributed by atoms with E-state index in [4.69, 9.17) is 17.3 Å². The normalized spacial score (nSPS) is 10.9. The molecule has 0 aliphatic heterocycles. The highest BCUT2D eigenvalue weighted by molar-refractivity contribution is 7.98. The average molecular weight is 318 g/mol. The zero-order valence-corrected chi connectivity index (χ0v) is 12.5. The van der Waals surface area contributed by atoms with E-state index in [2.05, 4.69) is 9.97 Å². The molecule has 0 atom stereocenters. The van der Waals surface area contributed by atoms with Crippen LogP contribution in [0, 0.1) is 0 Å². The van der Waals surface area contributed by atoms with E-state index in [-0.39, 0.29) is 5.56 Å². The Balaban J connectivity index is 1.88. The lowest BCUT2D eigenvalue weighted by molar-refractivity contribution is 1.10. The predicted molar refractivity (Wildman–Crippen MR) is 87.8 cm³/mol. The number of nitrogens with two attached hydrogens (primary N) is 1. The number of hydrogen-bond acceptors (Lipinski definition) is 4. The number of halogens is 1. The molecule has 0 fully saturated rings. The second-order valence-electron chi connectivity index (χ2n) is 4.50. The van der Waals surface area contributed by atoms with E-state index in [1.807, 2.05) is 30.3 Å². The van der Waals surface area contributed by atoms with Crippen LogP contribution in [0.3, 0.4) is 0 Å². The number of fused-ring (bicyclic) bond motifs is 1. The number of hydrogen-bond donors (Lipinski definition) is 2. The number of para-hydroxylation sites is 2. The number of nitrogens with zero attached hydrogens (tertiary/aromatic N) is 1. The van der Waals surface area contributed by atoms with Crippen molar-refractivity contribution >= 4 is 40.1 Å². The predicted octanol–water partition coefficient (Wildman–Crippen LogP) is 3.45. The van der Waals surface area contributed by atoms with Crippen molar-refractivity contribution in [3.63, 3.8) is 0 Å². The van der Waals surface area contributed by atoms with E-state index in [0.29, 0.717) is 22.2 Å². The molecule has 106 valence electrons. The molecule has 0 aliphatic carbocycles. The Bertz CT molecular complexity index is 863. The Morgan fingerprint density at radius 3 is 2.86 bits per heavy atom. The van der Waals surface area contributed by atoms with Gasteiger partial charge < -0.3 is 10.7 Å². The number of aromatic nitrogens is 2. The number of anilines is 1. The smallest absolute Gasteiger partial charge is 0.271 e. The zero-order valence-electron chi connectivity index (χ0n) is 11.0. The summed E-state index contributed by atoms with van der Waals surface area (Å²) < 4.78 is 0. The summed E-state index contributed by atoms with van der Waals surface area (Å²) in [6.45, 7) is 0. The van der Waals surface area contributed by atoms with Crippen molar-refractivity contribution in [2.24, 2.45) is 0 Å². The molecule has 4 nitrogen and oxygen atoms in total. The number of thioether (sulfide) groups is 1. The van der Waals surface area contributed by atoms with E-state index < -0.39 is 0 Å². The van der Waals surface area contributed by atoms with E-state index in [1.165, 1.54) is 11.8 Å². The van der Waals surface area contributed by atoms with Crippen LogP contribution in [0.1, 0.15) is 5.69 Å². The fourth-order valence-electron chi connectivity index (χ4n) is 1.96. The van der Waals surface area contributed by atoms with Gasteiger partial charge in [-0.1, -0.05) is 23.7 Å². The Kier molecular flexibility index (Phi) is 3.86. The third kappa shape index (κ3) is 3.04. The third-order valence-electron chi connectivity index (χ3n) is 3.01. The Labute approximate surface area is 130 Å². The molecule has 3 aromatic rings. The van der Waals surface area contributed by atoms with Gasteiger partial charge >= 0.3 is 0 Å². The molecule has 0 spiro atoms. The number of nitrogens with one attached hydrogen (secondary N) is 1. The first-order chi connectivity index (χ1) is 10.1. The van der Waals surface area contributed by atoms with E-state index in [9.17, 15) is 4.79 Å². The number of benzene rings is 2.